The number of ether oxygens (including phenoxy) is 2. The molecule has 0 aliphatic carbocycles. The molecule has 0 spiro atoms. The Morgan fingerprint density at radius 3 is 2.60 bits per heavy atom. The topological polar surface area (TPSA) is 38.8 Å². The van der Waals surface area contributed by atoms with E-state index in [0.29, 0.717) is 23.9 Å². The summed E-state index contributed by atoms with van der Waals surface area (Å²) in [7, 11) is 0. The van der Waals surface area contributed by atoms with Gasteiger partial charge in [0.2, 0.25) is 0 Å². The van der Waals surface area contributed by atoms with E-state index in [1.807, 2.05) is 42.5 Å². The Morgan fingerprint density at radius 2 is 1.80 bits per heavy atom. The fourth-order valence-electron chi connectivity index (χ4n) is 2.88. The van der Waals surface area contributed by atoms with Crippen molar-refractivity contribution in [3.8, 4) is 5.75 Å². The molecule has 1 heterocycles. The van der Waals surface area contributed by atoms with Crippen molar-refractivity contribution < 1.29 is 14.3 Å². The lowest BCUT2D eigenvalue weighted by Gasteiger charge is -2.14. The van der Waals surface area contributed by atoms with Gasteiger partial charge in [-0.3, -0.25) is 4.90 Å². The number of fused-ring (bicyclic) bond motifs is 1. The first-order valence-corrected chi connectivity index (χ1v) is 8.42. The van der Waals surface area contributed by atoms with Gasteiger partial charge in [0.1, 0.15) is 12.4 Å². The van der Waals surface area contributed by atoms with E-state index >= 15 is 0 Å². The van der Waals surface area contributed by atoms with Gasteiger partial charge in [-0.2, -0.15) is 0 Å². The van der Waals surface area contributed by atoms with Gasteiger partial charge in [0.25, 0.3) is 0 Å². The first kappa shape index (κ1) is 15.8. The summed E-state index contributed by atoms with van der Waals surface area (Å²) >= 11 is 5.85. The lowest BCUT2D eigenvalue weighted by Crippen LogP contribution is -2.26. The molecular formula is C20H16ClNO3. The van der Waals surface area contributed by atoms with Gasteiger partial charge in [-0.05, 0) is 47.2 Å². The largest absolute Gasteiger partial charge is 0.490 e. The Balaban J connectivity index is 1.45. The molecule has 1 aliphatic rings. The number of benzene rings is 3. The summed E-state index contributed by atoms with van der Waals surface area (Å²) in [4.78, 5) is 13.8. The normalized spacial score (nSPS) is 16.9. The summed E-state index contributed by atoms with van der Waals surface area (Å²) in [6.07, 6.45) is -0.658. The zero-order valence-electron chi connectivity index (χ0n) is 13.4. The fraction of sp³-hybridized carbons (Fsp3) is 0.150. The summed E-state index contributed by atoms with van der Waals surface area (Å²) in [6.45, 7) is 0.766. The second-order valence-electron chi connectivity index (χ2n) is 5.91. The molecule has 4 nitrogen and oxygen atoms in total. The molecule has 1 amide bonds. The van der Waals surface area contributed by atoms with Crippen LogP contribution in [0.15, 0.2) is 66.7 Å². The lowest BCUT2D eigenvalue weighted by atomic mass is 10.1. The maximum Gasteiger partial charge on any atom is 0.414 e. The number of hydrogen-bond acceptors (Lipinski definition) is 3. The van der Waals surface area contributed by atoms with Crippen molar-refractivity contribution in [2.24, 2.45) is 0 Å². The second kappa shape index (κ2) is 6.65. The number of carbonyl (C=O) groups excluding carboxylic acids is 1. The highest BCUT2D eigenvalue weighted by atomic mass is 35.5. The van der Waals surface area contributed by atoms with Crippen LogP contribution in [0.5, 0.6) is 5.75 Å². The molecule has 0 saturated carbocycles. The van der Waals surface area contributed by atoms with Crippen LogP contribution >= 0.6 is 11.6 Å². The van der Waals surface area contributed by atoms with Crippen molar-refractivity contribution in [3.05, 3.63) is 71.8 Å². The second-order valence-corrected chi connectivity index (χ2v) is 6.35. The Labute approximate surface area is 150 Å². The Hall–Kier alpha value is -2.72. The van der Waals surface area contributed by atoms with Crippen LogP contribution in [0, 0.1) is 0 Å². The average Bonchev–Trinajstić information content (AvgIpc) is 3.01. The van der Waals surface area contributed by atoms with E-state index in [1.165, 1.54) is 0 Å². The van der Waals surface area contributed by atoms with E-state index in [-0.39, 0.29) is 12.2 Å². The van der Waals surface area contributed by atoms with E-state index in [1.54, 1.807) is 29.2 Å². The molecule has 1 atom stereocenters. The van der Waals surface area contributed by atoms with E-state index < -0.39 is 0 Å². The van der Waals surface area contributed by atoms with Crippen LogP contribution in [-0.2, 0) is 4.74 Å². The maximum absolute atomic E-state index is 12.2. The zero-order valence-corrected chi connectivity index (χ0v) is 14.1. The number of hydrogen-bond donors (Lipinski definition) is 0. The van der Waals surface area contributed by atoms with Crippen LogP contribution in [0.2, 0.25) is 5.02 Å². The van der Waals surface area contributed by atoms with Crippen LogP contribution in [0.3, 0.4) is 0 Å². The highest BCUT2D eigenvalue weighted by molar-refractivity contribution is 6.30. The molecule has 1 fully saturated rings. The van der Waals surface area contributed by atoms with Crippen molar-refractivity contribution >= 4 is 34.2 Å². The minimum atomic E-state index is -0.347. The third kappa shape index (κ3) is 3.39. The average molecular weight is 354 g/mol. The molecule has 1 saturated heterocycles. The van der Waals surface area contributed by atoms with Crippen LogP contribution in [-0.4, -0.2) is 25.3 Å². The first-order valence-electron chi connectivity index (χ1n) is 8.04. The van der Waals surface area contributed by atoms with Crippen LogP contribution in [0.25, 0.3) is 10.8 Å². The lowest BCUT2D eigenvalue weighted by molar-refractivity contribution is 0.105. The molecule has 1 unspecified atom stereocenters. The molecule has 0 radical (unpaired) electrons. The van der Waals surface area contributed by atoms with E-state index in [9.17, 15) is 4.79 Å². The molecule has 5 heteroatoms. The zero-order chi connectivity index (χ0) is 17.2. The Bertz CT molecular complexity index is 910. The Kier molecular flexibility index (Phi) is 4.20. The van der Waals surface area contributed by atoms with E-state index in [4.69, 9.17) is 21.1 Å². The number of halogens is 1. The van der Waals surface area contributed by atoms with Gasteiger partial charge in [-0.1, -0.05) is 41.9 Å². The SMILES string of the molecule is O=C1OC(COc2ccc(Cl)cc2)CN1c1ccc2ccccc2c1. The molecule has 3 aromatic carbocycles. The number of nitrogens with zero attached hydrogens (tertiary/aromatic N) is 1. The minimum Gasteiger partial charge on any atom is -0.490 e. The van der Waals surface area contributed by atoms with Gasteiger partial charge in [0.15, 0.2) is 6.10 Å². The quantitative estimate of drug-likeness (QED) is 0.669. The van der Waals surface area contributed by atoms with Crippen molar-refractivity contribution in [1.82, 2.24) is 0 Å². The first-order chi connectivity index (χ1) is 12.2. The van der Waals surface area contributed by atoms with E-state index in [2.05, 4.69) is 0 Å². The monoisotopic (exact) mass is 353 g/mol. The maximum atomic E-state index is 12.2. The smallest absolute Gasteiger partial charge is 0.414 e. The van der Waals surface area contributed by atoms with E-state index in [0.717, 1.165) is 16.5 Å². The molecule has 25 heavy (non-hydrogen) atoms. The predicted molar refractivity (Wildman–Crippen MR) is 98.5 cm³/mol. The van der Waals surface area contributed by atoms with Crippen molar-refractivity contribution in [2.45, 2.75) is 6.10 Å². The van der Waals surface area contributed by atoms with Gasteiger partial charge < -0.3 is 9.47 Å². The van der Waals surface area contributed by atoms with Crippen molar-refractivity contribution in [2.75, 3.05) is 18.1 Å². The van der Waals surface area contributed by atoms with Crippen molar-refractivity contribution in [1.29, 1.82) is 0 Å². The van der Waals surface area contributed by atoms with Crippen molar-refractivity contribution in [3.63, 3.8) is 0 Å². The van der Waals surface area contributed by atoms with Gasteiger partial charge in [-0.25, -0.2) is 4.79 Å². The highest BCUT2D eigenvalue weighted by Gasteiger charge is 2.32. The third-order valence-corrected chi connectivity index (χ3v) is 4.42. The molecular weight excluding hydrogens is 338 g/mol. The van der Waals surface area contributed by atoms with Gasteiger partial charge in [0, 0.05) is 10.7 Å². The number of rotatable bonds is 4. The summed E-state index contributed by atoms with van der Waals surface area (Å²) in [5.41, 5.74) is 0.831. The fourth-order valence-corrected chi connectivity index (χ4v) is 3.01. The number of anilines is 1. The molecule has 0 aromatic heterocycles. The molecule has 4 rings (SSSR count). The van der Waals surface area contributed by atoms with Gasteiger partial charge in [0.05, 0.1) is 6.54 Å². The predicted octanol–water partition coefficient (Wildman–Crippen LogP) is 4.90. The summed E-state index contributed by atoms with van der Waals surface area (Å²) in [5, 5.41) is 2.89. The third-order valence-electron chi connectivity index (χ3n) is 4.17. The summed E-state index contributed by atoms with van der Waals surface area (Å²) in [5.74, 6) is 0.699. The molecule has 3 aromatic rings. The molecule has 1 aliphatic heterocycles. The molecule has 0 bridgehead atoms. The Morgan fingerprint density at radius 1 is 1.04 bits per heavy atom. The number of carbonyl (C=O) groups is 1. The standard InChI is InChI=1S/C20H16ClNO3/c21-16-6-9-18(10-7-16)24-13-19-12-22(20(23)25-19)17-8-5-14-3-1-2-4-15(14)11-17/h1-11,19H,12-13H2. The van der Waals surface area contributed by atoms with Gasteiger partial charge >= 0.3 is 6.09 Å². The van der Waals surface area contributed by atoms with Crippen LogP contribution in [0.4, 0.5) is 10.5 Å². The number of amides is 1. The summed E-state index contributed by atoms with van der Waals surface area (Å²) < 4.78 is 11.1. The summed E-state index contributed by atoms with van der Waals surface area (Å²) in [6, 6.07) is 21.1. The number of cyclic esters (lactones) is 1. The molecule has 0 N–H and O–H groups in total. The van der Waals surface area contributed by atoms with Crippen LogP contribution in [0.1, 0.15) is 0 Å². The highest BCUT2D eigenvalue weighted by Crippen LogP contribution is 2.26. The minimum absolute atomic E-state index is 0.303. The van der Waals surface area contributed by atoms with Crippen LogP contribution < -0.4 is 9.64 Å². The van der Waals surface area contributed by atoms with Gasteiger partial charge in [-0.15, -0.1) is 0 Å². The molecule has 126 valence electrons.